The highest BCUT2D eigenvalue weighted by molar-refractivity contribution is 5.78. The van der Waals surface area contributed by atoms with Crippen molar-refractivity contribution in [3.05, 3.63) is 12.2 Å². The fraction of sp³-hybridized carbons (Fsp3) is 0.808. The minimum atomic E-state index is -1.12. The Hall–Kier alpha value is -1.89. The van der Waals surface area contributed by atoms with E-state index in [0.717, 1.165) is 38.5 Å². The summed E-state index contributed by atoms with van der Waals surface area (Å²) in [7, 11) is 0. The van der Waals surface area contributed by atoms with E-state index < -0.39 is 40.5 Å². The number of quaternary nitrogens is 1. The third-order valence-corrected chi connectivity index (χ3v) is 6.82. The zero-order chi connectivity index (χ0) is 25.3. The molecule has 192 valence electrons. The third-order valence-electron chi connectivity index (χ3n) is 6.82. The van der Waals surface area contributed by atoms with Gasteiger partial charge in [-0.05, 0) is 32.1 Å². The summed E-state index contributed by atoms with van der Waals surface area (Å²) in [4.78, 5) is 36.5. The van der Waals surface area contributed by atoms with Gasteiger partial charge in [-0.2, -0.15) is 0 Å². The summed E-state index contributed by atoms with van der Waals surface area (Å²) in [5, 5.41) is 29.8. The summed E-state index contributed by atoms with van der Waals surface area (Å²) in [6.07, 6.45) is 15.6. The maximum Gasteiger partial charge on any atom is 0.362 e. The van der Waals surface area contributed by atoms with E-state index in [1.165, 1.54) is 19.3 Å². The van der Waals surface area contributed by atoms with E-state index in [1.807, 2.05) is 0 Å². The Bertz CT molecular complexity index is 549. The topological polar surface area (TPSA) is 112 Å². The van der Waals surface area contributed by atoms with Crippen molar-refractivity contribution >= 4 is 17.9 Å². The van der Waals surface area contributed by atoms with Crippen molar-refractivity contribution in [3.63, 3.8) is 0 Å². The lowest BCUT2D eigenvalue weighted by molar-refractivity contribution is -0.973. The Kier molecular flexibility index (Phi) is 16.6. The molecule has 0 saturated heterocycles. The van der Waals surface area contributed by atoms with Crippen molar-refractivity contribution in [2.24, 2.45) is 0 Å². The van der Waals surface area contributed by atoms with Crippen molar-refractivity contribution in [2.75, 3.05) is 6.54 Å². The second-order valence-electron chi connectivity index (χ2n) is 9.00. The van der Waals surface area contributed by atoms with E-state index in [4.69, 9.17) is 0 Å². The van der Waals surface area contributed by atoms with Crippen molar-refractivity contribution in [1.29, 1.82) is 0 Å². The molecule has 0 fully saturated rings. The molecule has 0 aliphatic rings. The van der Waals surface area contributed by atoms with E-state index in [9.17, 15) is 29.7 Å². The first kappa shape index (κ1) is 31.1. The van der Waals surface area contributed by atoms with Crippen LogP contribution < -0.4 is 0 Å². The number of carboxylic acids is 3. The van der Waals surface area contributed by atoms with E-state index in [2.05, 4.69) is 19.1 Å². The summed E-state index contributed by atoms with van der Waals surface area (Å²) in [5.41, 5.74) is 0. The SMILES string of the molecule is CC/C=C/CCCCCCCCCC[N+](C(CC)C(=O)O)(C(CC)C(=O)O)C(CC)C(=O)O. The van der Waals surface area contributed by atoms with Gasteiger partial charge in [0.05, 0.1) is 6.54 Å². The quantitative estimate of drug-likeness (QED) is 0.110. The van der Waals surface area contributed by atoms with Gasteiger partial charge in [0.15, 0.2) is 18.1 Å². The van der Waals surface area contributed by atoms with Crippen LogP contribution >= 0.6 is 0 Å². The summed E-state index contributed by atoms with van der Waals surface area (Å²) in [5.74, 6) is -3.36. The Morgan fingerprint density at radius 2 is 0.970 bits per heavy atom. The van der Waals surface area contributed by atoms with Crippen LogP contribution in [0.2, 0.25) is 0 Å². The summed E-state index contributed by atoms with van der Waals surface area (Å²) >= 11 is 0. The molecule has 7 nitrogen and oxygen atoms in total. The zero-order valence-electron chi connectivity index (χ0n) is 21.3. The molecule has 0 saturated carbocycles. The molecule has 0 spiro atoms. The van der Waals surface area contributed by atoms with Crippen LogP contribution in [0.15, 0.2) is 12.2 Å². The molecule has 0 aliphatic carbocycles. The monoisotopic (exact) mass is 470 g/mol. The van der Waals surface area contributed by atoms with Gasteiger partial charge in [-0.3, -0.25) is 4.48 Å². The first-order valence-electron chi connectivity index (χ1n) is 12.9. The largest absolute Gasteiger partial charge is 0.477 e. The molecule has 0 aromatic heterocycles. The van der Waals surface area contributed by atoms with Crippen LogP contribution in [0.5, 0.6) is 0 Å². The van der Waals surface area contributed by atoms with Crippen molar-refractivity contribution in [3.8, 4) is 0 Å². The highest BCUT2D eigenvalue weighted by Crippen LogP contribution is 2.32. The molecule has 3 N–H and O–H groups in total. The molecular formula is C26H48NO6+. The van der Waals surface area contributed by atoms with E-state index >= 15 is 0 Å². The Balaban J connectivity index is 5.18. The van der Waals surface area contributed by atoms with Gasteiger partial charge >= 0.3 is 17.9 Å². The van der Waals surface area contributed by atoms with Gasteiger partial charge in [0.1, 0.15) is 0 Å². The number of unbranched alkanes of at least 4 members (excludes halogenated alkanes) is 8. The average Bonchev–Trinajstić information content (AvgIpc) is 2.75. The molecule has 3 atom stereocenters. The molecule has 0 rings (SSSR count). The average molecular weight is 471 g/mol. The first-order chi connectivity index (χ1) is 15.7. The van der Waals surface area contributed by atoms with Crippen LogP contribution in [0, 0.1) is 0 Å². The van der Waals surface area contributed by atoms with Gasteiger partial charge in [0, 0.05) is 19.3 Å². The normalized spacial score (nSPS) is 16.2. The molecule has 0 aromatic carbocycles. The smallest absolute Gasteiger partial charge is 0.362 e. The predicted octanol–water partition coefficient (Wildman–Crippen LogP) is 5.87. The second-order valence-corrected chi connectivity index (χ2v) is 9.00. The molecule has 0 aliphatic heterocycles. The summed E-state index contributed by atoms with van der Waals surface area (Å²) in [6.45, 7) is 7.49. The third kappa shape index (κ3) is 9.86. The molecule has 0 bridgehead atoms. The highest BCUT2D eigenvalue weighted by atomic mass is 16.4. The lowest BCUT2D eigenvalue weighted by Gasteiger charge is -2.49. The van der Waals surface area contributed by atoms with Gasteiger partial charge in [-0.1, -0.05) is 72.0 Å². The van der Waals surface area contributed by atoms with Crippen LogP contribution in [0.3, 0.4) is 0 Å². The van der Waals surface area contributed by atoms with Gasteiger partial charge in [-0.15, -0.1) is 0 Å². The van der Waals surface area contributed by atoms with Crippen LogP contribution in [0.4, 0.5) is 0 Å². The highest BCUT2D eigenvalue weighted by Gasteiger charge is 2.55. The second kappa shape index (κ2) is 17.6. The van der Waals surface area contributed by atoms with E-state index in [-0.39, 0.29) is 25.8 Å². The summed E-state index contributed by atoms with van der Waals surface area (Å²) in [6, 6.07) is -3.18. The van der Waals surface area contributed by atoms with Crippen LogP contribution in [-0.2, 0) is 14.4 Å². The Labute approximate surface area is 200 Å². The number of hydrogen-bond acceptors (Lipinski definition) is 3. The van der Waals surface area contributed by atoms with Crippen molar-refractivity contribution in [1.82, 2.24) is 0 Å². The molecule has 3 unspecified atom stereocenters. The predicted molar refractivity (Wildman–Crippen MR) is 131 cm³/mol. The van der Waals surface area contributed by atoms with Gasteiger partial charge < -0.3 is 15.3 Å². The fourth-order valence-electron chi connectivity index (χ4n) is 5.27. The lowest BCUT2D eigenvalue weighted by Crippen LogP contribution is -2.72. The Morgan fingerprint density at radius 3 is 1.30 bits per heavy atom. The number of carboxylic acid groups (broad SMARTS) is 3. The minimum Gasteiger partial charge on any atom is -0.477 e. The van der Waals surface area contributed by atoms with Gasteiger partial charge in [-0.25, -0.2) is 14.4 Å². The maximum absolute atomic E-state index is 12.2. The number of aliphatic carboxylic acids is 3. The molecule has 0 heterocycles. The van der Waals surface area contributed by atoms with E-state index in [1.54, 1.807) is 20.8 Å². The lowest BCUT2D eigenvalue weighted by atomic mass is 9.93. The standard InChI is InChI=1S/C26H47NO6/c1-5-9-10-11-12-13-14-15-16-17-18-19-20-27(21(6-2)24(28)29,22(7-3)25(30)31)23(8-4)26(32)33/h9-10,21-23H,5-8,11-20H2,1-4H3,(H2-,28,29,30,31,32,33)/p+1/b10-9+. The van der Waals surface area contributed by atoms with Gasteiger partial charge in [0.2, 0.25) is 0 Å². The molecule has 33 heavy (non-hydrogen) atoms. The van der Waals surface area contributed by atoms with Crippen LogP contribution in [0.25, 0.3) is 0 Å². The number of rotatable bonds is 21. The number of hydrogen-bond donors (Lipinski definition) is 3. The molecule has 0 radical (unpaired) electrons. The molecule has 7 heteroatoms. The van der Waals surface area contributed by atoms with Crippen LogP contribution in [0.1, 0.15) is 111 Å². The molecule has 0 aromatic rings. The van der Waals surface area contributed by atoms with E-state index in [0.29, 0.717) is 6.42 Å². The van der Waals surface area contributed by atoms with Crippen LogP contribution in [-0.4, -0.2) is 62.4 Å². The number of carbonyl (C=O) groups is 3. The molecular weight excluding hydrogens is 422 g/mol. The summed E-state index contributed by atoms with van der Waals surface area (Å²) < 4.78 is -0.408. The fourth-order valence-corrected chi connectivity index (χ4v) is 5.27. The van der Waals surface area contributed by atoms with Crippen molar-refractivity contribution in [2.45, 2.75) is 129 Å². The minimum absolute atomic E-state index is 0.191. The van der Waals surface area contributed by atoms with Crippen molar-refractivity contribution < 1.29 is 34.2 Å². The molecule has 0 amide bonds. The van der Waals surface area contributed by atoms with Gasteiger partial charge in [0.25, 0.3) is 0 Å². The number of allylic oxidation sites excluding steroid dienone is 2. The number of nitrogens with zero attached hydrogens (tertiary/aromatic N) is 1. The maximum atomic E-state index is 12.2. The zero-order valence-corrected chi connectivity index (χ0v) is 21.3. The Morgan fingerprint density at radius 1 is 0.606 bits per heavy atom. The first-order valence-corrected chi connectivity index (χ1v) is 12.9.